The van der Waals surface area contributed by atoms with Crippen molar-refractivity contribution in [2.45, 2.75) is 32.2 Å². The molecule has 1 atom stereocenters. The van der Waals surface area contributed by atoms with Gasteiger partial charge in [0, 0.05) is 26.1 Å². The van der Waals surface area contributed by atoms with Gasteiger partial charge < -0.3 is 16.0 Å². The van der Waals surface area contributed by atoms with Gasteiger partial charge >= 0.3 is 0 Å². The Balaban J connectivity index is 1.95. The van der Waals surface area contributed by atoms with E-state index < -0.39 is 5.41 Å². The lowest BCUT2D eigenvalue weighted by Crippen LogP contribution is -2.43. The molecule has 2 rings (SSSR count). The van der Waals surface area contributed by atoms with E-state index >= 15 is 0 Å². The summed E-state index contributed by atoms with van der Waals surface area (Å²) in [5.41, 5.74) is 5.06. The fourth-order valence-electron chi connectivity index (χ4n) is 2.34. The average Bonchev–Trinajstić information content (AvgIpc) is 2.93. The van der Waals surface area contributed by atoms with Crippen LogP contribution >= 0.6 is 12.2 Å². The summed E-state index contributed by atoms with van der Waals surface area (Å²) < 4.78 is 0. The molecule has 6 heteroatoms. The van der Waals surface area contributed by atoms with Crippen molar-refractivity contribution >= 4 is 29.0 Å². The third-order valence-electron chi connectivity index (χ3n) is 3.51. The van der Waals surface area contributed by atoms with Crippen LogP contribution in [0.15, 0.2) is 0 Å². The second kappa shape index (κ2) is 4.25. The SMILES string of the molecule is CC(=O)NC1CCN(C(=O)C2(C(N)=S)CC2)C1. The summed E-state index contributed by atoms with van der Waals surface area (Å²) in [6.45, 7) is 2.73. The molecule has 0 aromatic rings. The number of hydrogen-bond donors (Lipinski definition) is 2. The topological polar surface area (TPSA) is 75.4 Å². The lowest BCUT2D eigenvalue weighted by atomic mass is 10.1. The number of amides is 2. The number of carbonyl (C=O) groups excluding carboxylic acids is 2. The Kier molecular flexibility index (Phi) is 3.07. The summed E-state index contributed by atoms with van der Waals surface area (Å²) in [6.07, 6.45) is 2.34. The van der Waals surface area contributed by atoms with Crippen molar-refractivity contribution in [1.29, 1.82) is 0 Å². The fraction of sp³-hybridized carbons (Fsp3) is 0.727. The summed E-state index contributed by atoms with van der Waals surface area (Å²) in [5, 5.41) is 2.83. The van der Waals surface area contributed by atoms with Crippen molar-refractivity contribution in [2.75, 3.05) is 13.1 Å². The maximum absolute atomic E-state index is 12.2. The van der Waals surface area contributed by atoms with E-state index in [1.807, 2.05) is 0 Å². The molecule has 0 spiro atoms. The summed E-state index contributed by atoms with van der Waals surface area (Å²) >= 11 is 4.97. The zero-order chi connectivity index (χ0) is 12.6. The number of carbonyl (C=O) groups is 2. The van der Waals surface area contributed by atoms with E-state index in [2.05, 4.69) is 5.32 Å². The average molecular weight is 255 g/mol. The number of hydrogen-bond acceptors (Lipinski definition) is 3. The molecule has 0 radical (unpaired) electrons. The van der Waals surface area contributed by atoms with Gasteiger partial charge in [-0.3, -0.25) is 9.59 Å². The Hall–Kier alpha value is -1.17. The minimum atomic E-state index is -0.569. The van der Waals surface area contributed by atoms with E-state index in [1.165, 1.54) is 6.92 Å². The van der Waals surface area contributed by atoms with Crippen LogP contribution in [-0.2, 0) is 9.59 Å². The maximum Gasteiger partial charge on any atom is 0.235 e. The lowest BCUT2D eigenvalue weighted by molar-refractivity contribution is -0.133. The first-order valence-corrected chi connectivity index (χ1v) is 6.23. The zero-order valence-electron chi connectivity index (χ0n) is 9.86. The molecule has 2 fully saturated rings. The van der Waals surface area contributed by atoms with Crippen LogP contribution in [0.5, 0.6) is 0 Å². The van der Waals surface area contributed by atoms with E-state index in [4.69, 9.17) is 18.0 Å². The first kappa shape index (κ1) is 12.3. The molecule has 94 valence electrons. The molecule has 1 saturated heterocycles. The molecule has 3 N–H and O–H groups in total. The van der Waals surface area contributed by atoms with Crippen molar-refractivity contribution in [2.24, 2.45) is 11.1 Å². The van der Waals surface area contributed by atoms with Crippen LogP contribution in [0, 0.1) is 5.41 Å². The van der Waals surface area contributed by atoms with E-state index in [9.17, 15) is 9.59 Å². The minimum absolute atomic E-state index is 0.0397. The van der Waals surface area contributed by atoms with Gasteiger partial charge in [0.05, 0.1) is 10.4 Å². The predicted octanol–water partition coefficient (Wildman–Crippen LogP) is -0.210. The number of nitrogens with zero attached hydrogens (tertiary/aromatic N) is 1. The monoisotopic (exact) mass is 255 g/mol. The molecule has 17 heavy (non-hydrogen) atoms. The third kappa shape index (κ3) is 2.26. The van der Waals surface area contributed by atoms with Crippen LogP contribution in [0.4, 0.5) is 0 Å². The van der Waals surface area contributed by atoms with E-state index in [0.717, 1.165) is 19.3 Å². The Morgan fingerprint density at radius 3 is 2.59 bits per heavy atom. The number of nitrogens with two attached hydrogens (primary N) is 1. The molecule has 1 unspecified atom stereocenters. The van der Waals surface area contributed by atoms with Gasteiger partial charge in [0.1, 0.15) is 0 Å². The highest BCUT2D eigenvalue weighted by atomic mass is 32.1. The molecule has 2 aliphatic rings. The molecule has 1 aliphatic heterocycles. The largest absolute Gasteiger partial charge is 0.392 e. The van der Waals surface area contributed by atoms with Gasteiger partial charge in [-0.05, 0) is 19.3 Å². The maximum atomic E-state index is 12.2. The quantitative estimate of drug-likeness (QED) is 0.684. The van der Waals surface area contributed by atoms with Gasteiger partial charge in [-0.25, -0.2) is 0 Å². The molecule has 2 amide bonds. The Morgan fingerprint density at radius 1 is 1.47 bits per heavy atom. The number of nitrogens with one attached hydrogen (secondary N) is 1. The standard InChI is InChI=1S/C11H17N3O2S/c1-7(15)13-8-2-5-14(6-8)10(16)11(3-4-11)9(12)17/h8H,2-6H2,1H3,(H2,12,17)(H,13,15). The van der Waals surface area contributed by atoms with E-state index in [-0.39, 0.29) is 17.9 Å². The Bertz CT molecular complexity index is 379. The van der Waals surface area contributed by atoms with E-state index in [1.54, 1.807) is 4.90 Å². The van der Waals surface area contributed by atoms with Crippen molar-refractivity contribution < 1.29 is 9.59 Å². The van der Waals surface area contributed by atoms with Crippen LogP contribution in [-0.4, -0.2) is 40.8 Å². The van der Waals surface area contributed by atoms with Gasteiger partial charge in [-0.15, -0.1) is 0 Å². The summed E-state index contributed by atoms with van der Waals surface area (Å²) in [4.78, 5) is 25.3. The van der Waals surface area contributed by atoms with Crippen molar-refractivity contribution in [3.63, 3.8) is 0 Å². The summed E-state index contributed by atoms with van der Waals surface area (Å²) in [5.74, 6) is -0.0161. The van der Waals surface area contributed by atoms with Crippen molar-refractivity contribution in [3.8, 4) is 0 Å². The third-order valence-corrected chi connectivity index (χ3v) is 3.90. The first-order valence-electron chi connectivity index (χ1n) is 5.82. The summed E-state index contributed by atoms with van der Waals surface area (Å²) in [6, 6.07) is 0.0681. The molecule has 1 aliphatic carbocycles. The van der Waals surface area contributed by atoms with Gasteiger partial charge in [0.2, 0.25) is 11.8 Å². The van der Waals surface area contributed by atoms with Crippen molar-refractivity contribution in [3.05, 3.63) is 0 Å². The van der Waals surface area contributed by atoms with Crippen LogP contribution in [0.25, 0.3) is 0 Å². The highest BCUT2D eigenvalue weighted by molar-refractivity contribution is 7.80. The molecule has 1 heterocycles. The highest BCUT2D eigenvalue weighted by Crippen LogP contribution is 2.47. The normalized spacial score (nSPS) is 25.5. The highest BCUT2D eigenvalue weighted by Gasteiger charge is 2.55. The number of likely N-dealkylation sites (tertiary alicyclic amines) is 1. The van der Waals surface area contributed by atoms with Gasteiger partial charge in [0.15, 0.2) is 0 Å². The number of thiocarbonyl (C=S) groups is 1. The molecular formula is C11H17N3O2S. The van der Waals surface area contributed by atoms with Crippen LogP contribution in [0.3, 0.4) is 0 Å². The van der Waals surface area contributed by atoms with Crippen LogP contribution in [0.2, 0.25) is 0 Å². The smallest absolute Gasteiger partial charge is 0.235 e. The Morgan fingerprint density at radius 2 is 2.12 bits per heavy atom. The van der Waals surface area contributed by atoms with Gasteiger partial charge in [0.25, 0.3) is 0 Å². The van der Waals surface area contributed by atoms with Gasteiger partial charge in [-0.1, -0.05) is 12.2 Å². The fourth-order valence-corrected chi connectivity index (χ4v) is 2.63. The van der Waals surface area contributed by atoms with Crippen LogP contribution in [0.1, 0.15) is 26.2 Å². The molecule has 0 bridgehead atoms. The second-order valence-corrected chi connectivity index (χ2v) is 5.32. The lowest BCUT2D eigenvalue weighted by Gasteiger charge is -2.22. The summed E-state index contributed by atoms with van der Waals surface area (Å²) in [7, 11) is 0. The molecule has 0 aromatic carbocycles. The van der Waals surface area contributed by atoms with Gasteiger partial charge in [-0.2, -0.15) is 0 Å². The first-order chi connectivity index (χ1) is 7.95. The molecule has 1 saturated carbocycles. The van der Waals surface area contributed by atoms with Crippen LogP contribution < -0.4 is 11.1 Å². The minimum Gasteiger partial charge on any atom is -0.392 e. The van der Waals surface area contributed by atoms with E-state index in [0.29, 0.717) is 18.1 Å². The van der Waals surface area contributed by atoms with Crippen molar-refractivity contribution in [1.82, 2.24) is 10.2 Å². The second-order valence-electron chi connectivity index (χ2n) is 4.88. The number of rotatable bonds is 3. The molecular weight excluding hydrogens is 238 g/mol. The predicted molar refractivity (Wildman–Crippen MR) is 67.3 cm³/mol. The molecule has 5 nitrogen and oxygen atoms in total. The Labute approximate surface area is 106 Å². The zero-order valence-corrected chi connectivity index (χ0v) is 10.7. The molecule has 0 aromatic heterocycles.